The molecule has 1 aliphatic rings. The van der Waals surface area contributed by atoms with E-state index in [0.29, 0.717) is 25.7 Å². The minimum absolute atomic E-state index is 0.126. The summed E-state index contributed by atoms with van der Waals surface area (Å²) in [6.45, 7) is 11.2. The number of rotatable bonds is 15. The molecule has 7 heteroatoms. The van der Waals surface area contributed by atoms with Gasteiger partial charge >= 0.3 is 17.9 Å². The second kappa shape index (κ2) is 15.9. The Hall–Kier alpha value is -2.15. The predicted octanol–water partition coefficient (Wildman–Crippen LogP) is 5.85. The van der Waals surface area contributed by atoms with Gasteiger partial charge in [-0.2, -0.15) is 0 Å². The molecule has 0 unspecified atom stereocenters. The highest BCUT2D eigenvalue weighted by molar-refractivity contribution is 5.75. The van der Waals surface area contributed by atoms with Crippen LogP contribution in [0, 0.1) is 23.2 Å². The minimum atomic E-state index is -0.810. The van der Waals surface area contributed by atoms with Crippen LogP contribution in [0.3, 0.4) is 0 Å². The molecule has 1 aliphatic carbocycles. The van der Waals surface area contributed by atoms with Gasteiger partial charge in [-0.1, -0.05) is 51.8 Å². The molecule has 1 rings (SSSR count). The molecule has 2 N–H and O–H groups in total. The Balaban J connectivity index is 3.05. The number of carboxylic acid groups (broad SMARTS) is 1. The lowest BCUT2D eigenvalue weighted by molar-refractivity contribution is -0.160. The third-order valence-electron chi connectivity index (χ3n) is 6.48. The summed E-state index contributed by atoms with van der Waals surface area (Å²) >= 11 is 0. The van der Waals surface area contributed by atoms with Gasteiger partial charge < -0.3 is 19.7 Å². The number of hydrogen-bond donors (Lipinski definition) is 2. The number of aliphatic hydroxyl groups is 1. The lowest BCUT2D eigenvalue weighted by atomic mass is 9.89. The van der Waals surface area contributed by atoms with Gasteiger partial charge in [0.2, 0.25) is 0 Å². The molecule has 7 nitrogen and oxygen atoms in total. The normalized spacial score (nSPS) is 23.4. The Morgan fingerprint density at radius 3 is 2.36 bits per heavy atom. The van der Waals surface area contributed by atoms with Crippen molar-refractivity contribution in [1.82, 2.24) is 0 Å². The highest BCUT2D eigenvalue weighted by atomic mass is 16.5. The van der Waals surface area contributed by atoms with Crippen LogP contribution in [-0.2, 0) is 23.9 Å². The average Bonchev–Trinajstić information content (AvgIpc) is 3.07. The van der Waals surface area contributed by atoms with Crippen LogP contribution in [0.4, 0.5) is 0 Å². The molecule has 5 atom stereocenters. The van der Waals surface area contributed by atoms with Crippen LogP contribution in [0.5, 0.6) is 0 Å². The standard InChI is InChI=1S/C29H48O7/c1-7-8-11-14-21(35-27(33)20(2)3)17-18-23-22(15-12-9-10-13-16-26(31)32)24(30)19-25(23)36-28(34)29(4,5)6/h9,12,17-18,20-25,30H,7-8,10-11,13-16,19H2,1-6H3,(H,31,32)/b12-9+,18-17+/t21-,22+,23+,24-,25+/m0/s1. The van der Waals surface area contributed by atoms with Crippen molar-refractivity contribution in [3.8, 4) is 0 Å². The van der Waals surface area contributed by atoms with Crippen molar-refractivity contribution in [2.24, 2.45) is 23.2 Å². The van der Waals surface area contributed by atoms with Crippen molar-refractivity contribution < 1.29 is 34.1 Å². The molecular formula is C29H48O7. The van der Waals surface area contributed by atoms with Gasteiger partial charge in [0, 0.05) is 18.8 Å². The average molecular weight is 509 g/mol. The first kappa shape index (κ1) is 31.9. The minimum Gasteiger partial charge on any atom is -0.481 e. The van der Waals surface area contributed by atoms with Gasteiger partial charge in [0.25, 0.3) is 0 Å². The van der Waals surface area contributed by atoms with Gasteiger partial charge in [-0.25, -0.2) is 0 Å². The molecule has 0 saturated heterocycles. The first-order chi connectivity index (χ1) is 16.9. The molecule has 1 saturated carbocycles. The Morgan fingerprint density at radius 2 is 1.78 bits per heavy atom. The van der Waals surface area contributed by atoms with Crippen molar-refractivity contribution in [3.05, 3.63) is 24.3 Å². The Bertz CT molecular complexity index is 747. The zero-order valence-electron chi connectivity index (χ0n) is 23.1. The van der Waals surface area contributed by atoms with Crippen molar-refractivity contribution in [1.29, 1.82) is 0 Å². The van der Waals surface area contributed by atoms with E-state index < -0.39 is 23.6 Å². The summed E-state index contributed by atoms with van der Waals surface area (Å²) in [5, 5.41) is 19.6. The summed E-state index contributed by atoms with van der Waals surface area (Å²) in [4.78, 5) is 35.6. The zero-order valence-corrected chi connectivity index (χ0v) is 23.1. The topological polar surface area (TPSA) is 110 Å². The SMILES string of the molecule is CCCCC[C@@H](/C=C/[C@@H]1[C@@H](C/C=C/CCCC(=O)O)[C@@H](O)C[C@H]1OC(=O)C(C)(C)C)OC(=O)C(C)C. The summed E-state index contributed by atoms with van der Waals surface area (Å²) in [6.07, 6.45) is 12.4. The number of carbonyl (C=O) groups is 3. The van der Waals surface area contributed by atoms with Gasteiger partial charge in [0.05, 0.1) is 17.4 Å². The fourth-order valence-electron chi connectivity index (χ4n) is 4.19. The predicted molar refractivity (Wildman–Crippen MR) is 140 cm³/mol. The van der Waals surface area contributed by atoms with E-state index in [-0.39, 0.29) is 42.2 Å². The fraction of sp³-hybridized carbons (Fsp3) is 0.759. The molecule has 0 bridgehead atoms. The molecule has 1 fully saturated rings. The number of ether oxygens (including phenoxy) is 2. The number of allylic oxidation sites excluding steroid dienone is 2. The van der Waals surface area contributed by atoms with Gasteiger partial charge in [0.15, 0.2) is 0 Å². The smallest absolute Gasteiger partial charge is 0.311 e. The molecular weight excluding hydrogens is 460 g/mol. The van der Waals surface area contributed by atoms with E-state index in [1.165, 1.54) is 0 Å². The molecule has 0 aromatic heterocycles. The van der Waals surface area contributed by atoms with Crippen LogP contribution >= 0.6 is 0 Å². The van der Waals surface area contributed by atoms with E-state index in [4.69, 9.17) is 14.6 Å². The molecule has 0 heterocycles. The van der Waals surface area contributed by atoms with Crippen LogP contribution in [0.1, 0.15) is 99.3 Å². The maximum absolute atomic E-state index is 12.6. The molecule has 0 aromatic carbocycles. The van der Waals surface area contributed by atoms with Gasteiger partial charge in [-0.15, -0.1) is 0 Å². The van der Waals surface area contributed by atoms with E-state index in [1.54, 1.807) is 20.8 Å². The van der Waals surface area contributed by atoms with E-state index in [9.17, 15) is 19.5 Å². The first-order valence-electron chi connectivity index (χ1n) is 13.5. The summed E-state index contributed by atoms with van der Waals surface area (Å²) in [5.74, 6) is -1.97. The maximum atomic E-state index is 12.6. The second-order valence-corrected chi connectivity index (χ2v) is 11.2. The number of aliphatic hydroxyl groups excluding tert-OH is 1. The quantitative estimate of drug-likeness (QED) is 0.162. The highest BCUT2D eigenvalue weighted by Crippen LogP contribution is 2.39. The third kappa shape index (κ3) is 11.7. The summed E-state index contributed by atoms with van der Waals surface area (Å²) in [7, 11) is 0. The van der Waals surface area contributed by atoms with E-state index in [0.717, 1.165) is 25.7 Å². The fourth-order valence-corrected chi connectivity index (χ4v) is 4.19. The van der Waals surface area contributed by atoms with E-state index in [1.807, 2.05) is 38.2 Å². The van der Waals surface area contributed by atoms with Gasteiger partial charge in [0.1, 0.15) is 12.2 Å². The maximum Gasteiger partial charge on any atom is 0.311 e. The number of hydrogen-bond acceptors (Lipinski definition) is 6. The number of carboxylic acids is 1. The first-order valence-corrected chi connectivity index (χ1v) is 13.5. The lowest BCUT2D eigenvalue weighted by Gasteiger charge is -2.26. The number of esters is 2. The summed E-state index contributed by atoms with van der Waals surface area (Å²) in [5.41, 5.74) is -0.656. The summed E-state index contributed by atoms with van der Waals surface area (Å²) < 4.78 is 11.6. The second-order valence-electron chi connectivity index (χ2n) is 11.2. The van der Waals surface area contributed by atoms with E-state index >= 15 is 0 Å². The van der Waals surface area contributed by atoms with Gasteiger partial charge in [-0.05, 0) is 64.9 Å². The van der Waals surface area contributed by atoms with Crippen molar-refractivity contribution >= 4 is 17.9 Å². The van der Waals surface area contributed by atoms with Crippen LogP contribution in [0.25, 0.3) is 0 Å². The number of aliphatic carboxylic acids is 1. The lowest BCUT2D eigenvalue weighted by Crippen LogP contribution is -2.31. The molecule has 0 aliphatic heterocycles. The van der Waals surface area contributed by atoms with Crippen LogP contribution in [0.2, 0.25) is 0 Å². The van der Waals surface area contributed by atoms with E-state index in [2.05, 4.69) is 6.92 Å². The molecule has 36 heavy (non-hydrogen) atoms. The molecule has 0 radical (unpaired) electrons. The summed E-state index contributed by atoms with van der Waals surface area (Å²) in [6, 6.07) is 0. The molecule has 0 spiro atoms. The number of unbranched alkanes of at least 4 members (excludes halogenated alkanes) is 3. The highest BCUT2D eigenvalue weighted by Gasteiger charge is 2.43. The third-order valence-corrected chi connectivity index (χ3v) is 6.48. The van der Waals surface area contributed by atoms with Crippen molar-refractivity contribution in [2.75, 3.05) is 0 Å². The van der Waals surface area contributed by atoms with Crippen molar-refractivity contribution in [3.63, 3.8) is 0 Å². The molecule has 0 amide bonds. The molecule has 206 valence electrons. The Kier molecular flexibility index (Phi) is 14.0. The molecule has 0 aromatic rings. The van der Waals surface area contributed by atoms with Gasteiger partial charge in [-0.3, -0.25) is 14.4 Å². The monoisotopic (exact) mass is 508 g/mol. The Labute approximate surface area is 217 Å². The largest absolute Gasteiger partial charge is 0.481 e. The van der Waals surface area contributed by atoms with Crippen LogP contribution < -0.4 is 0 Å². The van der Waals surface area contributed by atoms with Crippen LogP contribution in [-0.4, -0.2) is 46.4 Å². The number of carbonyl (C=O) groups excluding carboxylic acids is 2. The zero-order chi connectivity index (χ0) is 27.3. The van der Waals surface area contributed by atoms with Crippen molar-refractivity contribution in [2.45, 2.75) is 118 Å². The Morgan fingerprint density at radius 1 is 1.08 bits per heavy atom. The van der Waals surface area contributed by atoms with Crippen LogP contribution in [0.15, 0.2) is 24.3 Å².